The highest BCUT2D eigenvalue weighted by atomic mass is 16.5. The zero-order chi connectivity index (χ0) is 10.7. The molecule has 2 rings (SSSR count). The fourth-order valence-corrected chi connectivity index (χ4v) is 1.35. The van der Waals surface area contributed by atoms with Crippen molar-refractivity contribution in [1.82, 2.24) is 9.78 Å². The largest absolute Gasteiger partial charge is 0.490 e. The topological polar surface area (TPSA) is 47.3 Å². The Morgan fingerprint density at radius 2 is 2.07 bits per heavy atom. The second-order valence-electron chi connectivity index (χ2n) is 3.13. The molecule has 2 aromatic rings. The molecule has 0 radical (unpaired) electrons. The highest BCUT2D eigenvalue weighted by Gasteiger charge is 2.13. The Morgan fingerprint density at radius 1 is 1.33 bits per heavy atom. The number of hydrogen-bond acceptors (Lipinski definition) is 3. The molecule has 0 fully saturated rings. The molecule has 1 heterocycles. The van der Waals surface area contributed by atoms with Gasteiger partial charge >= 0.3 is 7.12 Å². The van der Waals surface area contributed by atoms with E-state index in [0.717, 1.165) is 11.2 Å². The Balaban J connectivity index is 2.25. The van der Waals surface area contributed by atoms with E-state index in [4.69, 9.17) is 4.65 Å². The van der Waals surface area contributed by atoms with Crippen LogP contribution in [0.5, 0.6) is 0 Å². The number of nitrogens with zero attached hydrogens (tertiary/aromatic N) is 2. The predicted molar refractivity (Wildman–Crippen MR) is 58.2 cm³/mol. The van der Waals surface area contributed by atoms with Gasteiger partial charge in [-0.05, 0) is 23.7 Å². The second-order valence-corrected chi connectivity index (χ2v) is 3.13. The molecule has 76 valence electrons. The summed E-state index contributed by atoms with van der Waals surface area (Å²) in [6, 6.07) is 9.24. The molecule has 15 heavy (non-hydrogen) atoms. The molecule has 0 aliphatic heterocycles. The normalized spacial score (nSPS) is 10.3. The minimum absolute atomic E-state index is 0.730. The molecule has 5 heteroatoms. The van der Waals surface area contributed by atoms with Crippen LogP contribution in [0.4, 0.5) is 0 Å². The van der Waals surface area contributed by atoms with Crippen LogP contribution in [0.1, 0.15) is 0 Å². The third kappa shape index (κ3) is 2.08. The van der Waals surface area contributed by atoms with Crippen molar-refractivity contribution < 1.29 is 9.68 Å². The van der Waals surface area contributed by atoms with Gasteiger partial charge in [-0.15, -0.1) is 0 Å². The van der Waals surface area contributed by atoms with E-state index in [9.17, 15) is 5.02 Å². The lowest BCUT2D eigenvalue weighted by atomic mass is 9.80. The second kappa shape index (κ2) is 4.29. The summed E-state index contributed by atoms with van der Waals surface area (Å²) in [5.74, 6) is 0. The first-order chi connectivity index (χ1) is 7.31. The summed E-state index contributed by atoms with van der Waals surface area (Å²) >= 11 is 0. The van der Waals surface area contributed by atoms with Crippen molar-refractivity contribution in [1.29, 1.82) is 0 Å². The van der Waals surface area contributed by atoms with Crippen LogP contribution in [-0.4, -0.2) is 29.0 Å². The summed E-state index contributed by atoms with van der Waals surface area (Å²) in [7, 11) is 0.600. The van der Waals surface area contributed by atoms with Gasteiger partial charge in [0.1, 0.15) is 0 Å². The van der Waals surface area contributed by atoms with Crippen molar-refractivity contribution in [3.05, 3.63) is 42.7 Å². The Morgan fingerprint density at radius 3 is 2.60 bits per heavy atom. The number of benzene rings is 1. The minimum Gasteiger partial charge on any atom is -0.423 e. The van der Waals surface area contributed by atoms with E-state index in [2.05, 4.69) is 5.10 Å². The average molecular weight is 202 g/mol. The van der Waals surface area contributed by atoms with Gasteiger partial charge in [0.2, 0.25) is 0 Å². The van der Waals surface area contributed by atoms with Crippen LogP contribution in [0.25, 0.3) is 5.69 Å². The van der Waals surface area contributed by atoms with Crippen molar-refractivity contribution in [2.24, 2.45) is 0 Å². The van der Waals surface area contributed by atoms with Gasteiger partial charge in [0.25, 0.3) is 0 Å². The lowest BCUT2D eigenvalue weighted by molar-refractivity contribution is 0.341. The van der Waals surface area contributed by atoms with Crippen molar-refractivity contribution in [2.75, 3.05) is 7.11 Å². The third-order valence-electron chi connectivity index (χ3n) is 2.17. The van der Waals surface area contributed by atoms with Crippen molar-refractivity contribution in [3.8, 4) is 5.69 Å². The fraction of sp³-hybridized carbons (Fsp3) is 0.100. The maximum atomic E-state index is 9.41. The summed E-state index contributed by atoms with van der Waals surface area (Å²) in [6.07, 6.45) is 3.58. The molecular formula is C10H11BN2O2. The molecule has 0 atom stereocenters. The van der Waals surface area contributed by atoms with Crippen molar-refractivity contribution in [2.45, 2.75) is 0 Å². The molecule has 0 saturated heterocycles. The monoisotopic (exact) mass is 202 g/mol. The van der Waals surface area contributed by atoms with Gasteiger partial charge in [0.15, 0.2) is 0 Å². The van der Waals surface area contributed by atoms with Crippen LogP contribution < -0.4 is 5.46 Å². The van der Waals surface area contributed by atoms with Crippen LogP contribution in [0.2, 0.25) is 0 Å². The van der Waals surface area contributed by atoms with Gasteiger partial charge in [-0.25, -0.2) is 4.68 Å². The SMILES string of the molecule is COB(O)c1ccc(-n2cccn2)cc1. The first kappa shape index (κ1) is 9.95. The molecule has 1 aromatic carbocycles. The highest BCUT2D eigenvalue weighted by Crippen LogP contribution is 2.03. The quantitative estimate of drug-likeness (QED) is 0.723. The zero-order valence-corrected chi connectivity index (χ0v) is 8.37. The van der Waals surface area contributed by atoms with E-state index in [1.807, 2.05) is 36.5 Å². The predicted octanol–water partition coefficient (Wildman–Crippen LogP) is 0.206. The van der Waals surface area contributed by atoms with E-state index in [1.54, 1.807) is 10.9 Å². The molecule has 0 bridgehead atoms. The third-order valence-corrected chi connectivity index (χ3v) is 2.17. The fourth-order valence-electron chi connectivity index (χ4n) is 1.35. The van der Waals surface area contributed by atoms with Gasteiger partial charge in [0, 0.05) is 19.5 Å². The highest BCUT2D eigenvalue weighted by molar-refractivity contribution is 6.59. The van der Waals surface area contributed by atoms with Crippen molar-refractivity contribution in [3.63, 3.8) is 0 Å². The summed E-state index contributed by atoms with van der Waals surface area (Å²) in [5, 5.41) is 13.5. The Hall–Kier alpha value is -1.59. The molecule has 0 saturated carbocycles. The van der Waals surface area contributed by atoms with E-state index in [1.165, 1.54) is 7.11 Å². The van der Waals surface area contributed by atoms with E-state index >= 15 is 0 Å². The van der Waals surface area contributed by atoms with E-state index < -0.39 is 7.12 Å². The van der Waals surface area contributed by atoms with Gasteiger partial charge < -0.3 is 9.68 Å². The van der Waals surface area contributed by atoms with Gasteiger partial charge in [-0.3, -0.25) is 0 Å². The Kier molecular flexibility index (Phi) is 2.85. The number of aromatic nitrogens is 2. The maximum absolute atomic E-state index is 9.41. The summed E-state index contributed by atoms with van der Waals surface area (Å²) in [6.45, 7) is 0. The standard InChI is InChI=1S/C10H11BN2O2/c1-15-11(14)9-3-5-10(6-4-9)13-8-2-7-12-13/h2-8,14H,1H3. The number of hydrogen-bond donors (Lipinski definition) is 1. The Labute approximate surface area is 88.3 Å². The maximum Gasteiger partial charge on any atom is 0.490 e. The minimum atomic E-state index is -0.864. The summed E-state index contributed by atoms with van der Waals surface area (Å²) in [5.41, 5.74) is 1.68. The number of rotatable bonds is 3. The van der Waals surface area contributed by atoms with Gasteiger partial charge in [-0.2, -0.15) is 5.10 Å². The van der Waals surface area contributed by atoms with E-state index in [-0.39, 0.29) is 0 Å². The van der Waals surface area contributed by atoms with Gasteiger partial charge in [0.05, 0.1) is 5.69 Å². The first-order valence-corrected chi connectivity index (χ1v) is 4.62. The molecule has 0 spiro atoms. The first-order valence-electron chi connectivity index (χ1n) is 4.62. The summed E-state index contributed by atoms with van der Waals surface area (Å²) in [4.78, 5) is 0. The van der Waals surface area contributed by atoms with Crippen LogP contribution in [-0.2, 0) is 4.65 Å². The molecule has 1 N–H and O–H groups in total. The smallest absolute Gasteiger partial charge is 0.423 e. The summed E-state index contributed by atoms with van der Waals surface area (Å²) < 4.78 is 6.55. The van der Waals surface area contributed by atoms with E-state index in [0.29, 0.717) is 0 Å². The average Bonchev–Trinajstić information content (AvgIpc) is 2.82. The molecule has 0 aliphatic carbocycles. The zero-order valence-electron chi connectivity index (χ0n) is 8.37. The van der Waals surface area contributed by atoms with Crippen LogP contribution in [0.3, 0.4) is 0 Å². The molecule has 4 nitrogen and oxygen atoms in total. The lowest BCUT2D eigenvalue weighted by Crippen LogP contribution is -2.32. The molecule has 0 amide bonds. The van der Waals surface area contributed by atoms with Crippen molar-refractivity contribution >= 4 is 12.6 Å². The molecular weight excluding hydrogens is 191 g/mol. The molecule has 0 unspecified atom stereocenters. The molecule has 0 aliphatic rings. The van der Waals surface area contributed by atoms with Gasteiger partial charge in [-0.1, -0.05) is 12.1 Å². The van der Waals surface area contributed by atoms with Crippen LogP contribution in [0.15, 0.2) is 42.7 Å². The lowest BCUT2D eigenvalue weighted by Gasteiger charge is -2.05. The molecule has 1 aromatic heterocycles. The Bertz CT molecular complexity index is 413. The van der Waals surface area contributed by atoms with Crippen LogP contribution >= 0.6 is 0 Å². The van der Waals surface area contributed by atoms with Crippen LogP contribution in [0, 0.1) is 0 Å².